The van der Waals surface area contributed by atoms with Gasteiger partial charge in [-0.25, -0.2) is 0 Å². The molecule has 0 saturated heterocycles. The van der Waals surface area contributed by atoms with Crippen LogP contribution in [0.3, 0.4) is 0 Å². The van der Waals surface area contributed by atoms with Crippen LogP contribution in [0.2, 0.25) is 0 Å². The van der Waals surface area contributed by atoms with E-state index >= 15 is 0 Å². The third-order valence-electron chi connectivity index (χ3n) is 2.80. The van der Waals surface area contributed by atoms with Gasteiger partial charge in [-0.1, -0.05) is 38.9 Å². The maximum Gasteiger partial charge on any atom is 0.228 e. The molecule has 0 bridgehead atoms. The zero-order chi connectivity index (χ0) is 13.5. The quantitative estimate of drug-likeness (QED) is 0.662. The van der Waals surface area contributed by atoms with E-state index in [4.69, 9.17) is 18.0 Å². The van der Waals surface area contributed by atoms with Crippen molar-refractivity contribution < 1.29 is 4.79 Å². The molecule has 1 rings (SSSR count). The average molecular weight is 268 g/mol. The van der Waals surface area contributed by atoms with Crippen molar-refractivity contribution in [1.29, 1.82) is 0 Å². The van der Waals surface area contributed by atoms with Crippen LogP contribution in [0.5, 0.6) is 0 Å². The number of nitrogens with zero attached hydrogens (tertiary/aromatic N) is 1. The van der Waals surface area contributed by atoms with E-state index in [1.54, 1.807) is 0 Å². The zero-order valence-corrected chi connectivity index (χ0v) is 11.6. The summed E-state index contributed by atoms with van der Waals surface area (Å²) in [7, 11) is 0. The number of amides is 1. The Kier molecular flexibility index (Phi) is 5.77. The highest BCUT2D eigenvalue weighted by molar-refractivity contribution is 7.80. The van der Waals surface area contributed by atoms with Crippen LogP contribution >= 0.6 is 12.2 Å². The van der Waals surface area contributed by atoms with Crippen LogP contribution in [0.1, 0.15) is 45.1 Å². The first-order valence-electron chi connectivity index (χ1n) is 6.24. The van der Waals surface area contributed by atoms with E-state index < -0.39 is 0 Å². The molecule has 0 aliphatic rings. The lowest BCUT2D eigenvalue weighted by molar-refractivity contribution is -0.120. The highest BCUT2D eigenvalue weighted by atomic mass is 32.1. The highest BCUT2D eigenvalue weighted by Gasteiger charge is 2.19. The van der Waals surface area contributed by atoms with Crippen molar-refractivity contribution in [1.82, 2.24) is 10.2 Å². The Morgan fingerprint density at radius 1 is 1.50 bits per heavy atom. The molecule has 100 valence electrons. The van der Waals surface area contributed by atoms with E-state index in [1.165, 1.54) is 6.20 Å². The molecular formula is C12H20N4OS. The molecule has 0 unspecified atom stereocenters. The summed E-state index contributed by atoms with van der Waals surface area (Å²) in [6.45, 7) is 4.15. The minimum Gasteiger partial charge on any atom is -0.389 e. The van der Waals surface area contributed by atoms with E-state index in [0.29, 0.717) is 11.4 Å². The van der Waals surface area contributed by atoms with Gasteiger partial charge in [0, 0.05) is 5.92 Å². The van der Waals surface area contributed by atoms with Crippen molar-refractivity contribution >= 4 is 28.9 Å². The van der Waals surface area contributed by atoms with Gasteiger partial charge in [-0.15, -0.1) is 0 Å². The average Bonchev–Trinajstić information content (AvgIpc) is 2.77. The van der Waals surface area contributed by atoms with Gasteiger partial charge in [0.25, 0.3) is 0 Å². The summed E-state index contributed by atoms with van der Waals surface area (Å²) >= 11 is 4.89. The second-order valence-corrected chi connectivity index (χ2v) is 4.73. The largest absolute Gasteiger partial charge is 0.389 e. The van der Waals surface area contributed by atoms with E-state index in [9.17, 15) is 4.79 Å². The van der Waals surface area contributed by atoms with Crippen LogP contribution < -0.4 is 11.1 Å². The van der Waals surface area contributed by atoms with Gasteiger partial charge < -0.3 is 11.1 Å². The molecule has 0 aliphatic heterocycles. The van der Waals surface area contributed by atoms with Gasteiger partial charge in [-0.05, 0) is 12.8 Å². The lowest BCUT2D eigenvalue weighted by atomic mass is 9.97. The summed E-state index contributed by atoms with van der Waals surface area (Å²) in [5, 5.41) is 9.37. The Hall–Kier alpha value is -1.43. The molecule has 1 aromatic rings. The van der Waals surface area contributed by atoms with Gasteiger partial charge in [0.15, 0.2) is 0 Å². The molecular weight excluding hydrogens is 248 g/mol. The molecule has 0 fully saturated rings. The first kappa shape index (κ1) is 14.6. The fourth-order valence-electron chi connectivity index (χ4n) is 1.90. The number of thiocarbonyl (C=S) groups is 1. The first-order valence-corrected chi connectivity index (χ1v) is 6.65. The second kappa shape index (κ2) is 7.10. The smallest absolute Gasteiger partial charge is 0.228 e. The standard InChI is InChI=1S/C12H20N4OS/c1-3-5-8(6-4-2)12(17)15-11-9(10(13)18)7-14-16-11/h7-8H,3-6H2,1-2H3,(H2,13,18)(H2,14,15,16,17). The summed E-state index contributed by atoms with van der Waals surface area (Å²) in [5.41, 5.74) is 6.12. The number of nitrogens with two attached hydrogens (primary N) is 1. The third-order valence-corrected chi connectivity index (χ3v) is 3.02. The number of carbonyl (C=O) groups excluding carboxylic acids is 1. The SMILES string of the molecule is CCCC(CCC)C(=O)Nc1[nH]ncc1C(N)=S. The monoisotopic (exact) mass is 268 g/mol. The molecule has 0 aromatic carbocycles. The van der Waals surface area contributed by atoms with E-state index in [0.717, 1.165) is 25.7 Å². The normalized spacial score (nSPS) is 10.6. The molecule has 0 radical (unpaired) electrons. The number of aromatic amines is 1. The summed E-state index contributed by atoms with van der Waals surface area (Å²) in [5.74, 6) is 0.521. The zero-order valence-electron chi connectivity index (χ0n) is 10.8. The van der Waals surface area contributed by atoms with Gasteiger partial charge in [0.05, 0.1) is 11.8 Å². The molecule has 1 heterocycles. The van der Waals surface area contributed by atoms with Crippen molar-refractivity contribution in [2.45, 2.75) is 39.5 Å². The Morgan fingerprint density at radius 2 is 2.11 bits per heavy atom. The number of rotatable bonds is 7. The van der Waals surface area contributed by atoms with E-state index in [2.05, 4.69) is 29.4 Å². The van der Waals surface area contributed by atoms with Crippen LogP contribution in [0.4, 0.5) is 5.82 Å². The Balaban J connectivity index is 2.72. The summed E-state index contributed by atoms with van der Waals surface area (Å²) in [6.07, 6.45) is 5.27. The fourth-order valence-corrected chi connectivity index (χ4v) is 2.05. The number of hydrogen-bond acceptors (Lipinski definition) is 3. The van der Waals surface area contributed by atoms with Crippen LogP contribution in [-0.2, 0) is 4.79 Å². The molecule has 18 heavy (non-hydrogen) atoms. The van der Waals surface area contributed by atoms with Crippen LogP contribution in [-0.4, -0.2) is 21.1 Å². The number of H-pyrrole nitrogens is 1. The number of anilines is 1. The van der Waals surface area contributed by atoms with E-state index in [-0.39, 0.29) is 16.8 Å². The Morgan fingerprint density at radius 3 is 2.61 bits per heavy atom. The van der Waals surface area contributed by atoms with Crippen molar-refractivity contribution in [2.24, 2.45) is 11.7 Å². The van der Waals surface area contributed by atoms with Crippen molar-refractivity contribution in [3.8, 4) is 0 Å². The molecule has 0 aliphatic carbocycles. The minimum absolute atomic E-state index is 0.000417. The molecule has 6 heteroatoms. The molecule has 1 amide bonds. The topological polar surface area (TPSA) is 83.8 Å². The van der Waals surface area contributed by atoms with Gasteiger partial charge in [0.2, 0.25) is 5.91 Å². The van der Waals surface area contributed by atoms with Crippen LogP contribution in [0.15, 0.2) is 6.20 Å². The number of nitrogens with one attached hydrogen (secondary N) is 2. The number of aromatic nitrogens is 2. The van der Waals surface area contributed by atoms with E-state index in [1.807, 2.05) is 0 Å². The second-order valence-electron chi connectivity index (χ2n) is 4.29. The van der Waals surface area contributed by atoms with Crippen LogP contribution in [0.25, 0.3) is 0 Å². The van der Waals surface area contributed by atoms with Crippen molar-refractivity contribution in [3.05, 3.63) is 11.8 Å². The third kappa shape index (κ3) is 3.80. The summed E-state index contributed by atoms with van der Waals surface area (Å²) < 4.78 is 0. The fraction of sp³-hybridized carbons (Fsp3) is 0.583. The Bertz CT molecular complexity index is 410. The predicted molar refractivity (Wildman–Crippen MR) is 76.4 cm³/mol. The lowest BCUT2D eigenvalue weighted by Crippen LogP contribution is -2.24. The molecule has 0 spiro atoms. The maximum atomic E-state index is 12.1. The summed E-state index contributed by atoms with van der Waals surface area (Å²) in [4.78, 5) is 12.3. The minimum atomic E-state index is 0.000417. The molecule has 1 aromatic heterocycles. The van der Waals surface area contributed by atoms with Gasteiger partial charge >= 0.3 is 0 Å². The number of hydrogen-bond donors (Lipinski definition) is 3. The highest BCUT2D eigenvalue weighted by Crippen LogP contribution is 2.17. The molecule has 0 atom stereocenters. The molecule has 4 N–H and O–H groups in total. The van der Waals surface area contributed by atoms with Crippen molar-refractivity contribution in [2.75, 3.05) is 5.32 Å². The maximum absolute atomic E-state index is 12.1. The summed E-state index contributed by atoms with van der Waals surface area (Å²) in [6, 6.07) is 0. The molecule has 5 nitrogen and oxygen atoms in total. The van der Waals surface area contributed by atoms with Crippen molar-refractivity contribution in [3.63, 3.8) is 0 Å². The van der Waals surface area contributed by atoms with Gasteiger partial charge in [-0.2, -0.15) is 5.10 Å². The first-order chi connectivity index (χ1) is 8.60. The lowest BCUT2D eigenvalue weighted by Gasteiger charge is -2.14. The van der Waals surface area contributed by atoms with Gasteiger partial charge in [0.1, 0.15) is 10.8 Å². The molecule has 0 saturated carbocycles. The Labute approximate surface area is 113 Å². The number of carbonyl (C=O) groups is 1. The van der Waals surface area contributed by atoms with Crippen LogP contribution in [0, 0.1) is 5.92 Å². The van der Waals surface area contributed by atoms with Gasteiger partial charge in [-0.3, -0.25) is 9.89 Å². The predicted octanol–water partition coefficient (Wildman–Crippen LogP) is 2.20.